The maximum Gasteiger partial charge on any atom is 0.278 e. The highest BCUT2D eigenvalue weighted by Crippen LogP contribution is 2.23. The zero-order valence-corrected chi connectivity index (χ0v) is 20.9. The Bertz CT molecular complexity index is 1200. The number of nitrogen functional groups attached to an aromatic ring is 1. The Morgan fingerprint density at radius 3 is 2.29 bits per heavy atom. The van der Waals surface area contributed by atoms with Gasteiger partial charge in [-0.3, -0.25) is 9.78 Å². The summed E-state index contributed by atoms with van der Waals surface area (Å²) in [5.41, 5.74) is 7.23. The molecule has 2 aromatic heterocycles. The Hall–Kier alpha value is -3.16. The Morgan fingerprint density at radius 2 is 1.71 bits per heavy atom. The van der Waals surface area contributed by atoms with Crippen molar-refractivity contribution in [3.05, 3.63) is 60.7 Å². The lowest BCUT2D eigenvalue weighted by Gasteiger charge is -2.21. The van der Waals surface area contributed by atoms with Gasteiger partial charge in [-0.05, 0) is 24.3 Å². The lowest BCUT2D eigenvalue weighted by molar-refractivity contribution is 0.102. The second kappa shape index (κ2) is 13.1. The lowest BCUT2D eigenvalue weighted by Crippen LogP contribution is -2.36. The smallest absolute Gasteiger partial charge is 0.278 e. The normalized spacial score (nSPS) is 11.2. The summed E-state index contributed by atoms with van der Waals surface area (Å²) in [5.74, 6) is -0.567. The van der Waals surface area contributed by atoms with E-state index in [1.54, 1.807) is 30.5 Å². The fourth-order valence-corrected chi connectivity index (χ4v) is 4.42. The average molecular weight is 523 g/mol. The first-order valence-electron chi connectivity index (χ1n) is 10.3. The summed E-state index contributed by atoms with van der Waals surface area (Å²) in [4.78, 5) is 25.1. The molecule has 13 heteroatoms. The molecule has 0 aliphatic carbocycles. The minimum absolute atomic E-state index is 0. The molecule has 0 atom stereocenters. The molecule has 0 radical (unpaired) electrons. The summed E-state index contributed by atoms with van der Waals surface area (Å²) in [7, 11) is -0.743. The number of hydrogen-bond donors (Lipinski definition) is 2. The van der Waals surface area contributed by atoms with Crippen molar-refractivity contribution in [1.82, 2.24) is 19.3 Å². The number of benzene rings is 1. The lowest BCUT2D eigenvalue weighted by atomic mass is 10.1. The number of carbonyl (C=O) groups excluding carboxylic acids is 1. The van der Waals surface area contributed by atoms with E-state index >= 15 is 0 Å². The molecule has 0 aliphatic heterocycles. The summed E-state index contributed by atoms with van der Waals surface area (Å²) in [6, 6.07) is 9.51. The third kappa shape index (κ3) is 7.16. The molecule has 2 heterocycles. The molecule has 11 nitrogen and oxygen atoms in total. The molecule has 188 valence electrons. The van der Waals surface area contributed by atoms with Crippen LogP contribution < -0.4 is 11.1 Å². The van der Waals surface area contributed by atoms with E-state index in [9.17, 15) is 13.2 Å². The van der Waals surface area contributed by atoms with Gasteiger partial charge < -0.3 is 20.5 Å². The number of halogens is 1. The molecule has 0 spiro atoms. The minimum atomic E-state index is -3.76. The molecule has 1 amide bonds. The first-order chi connectivity index (χ1) is 16.4. The zero-order chi connectivity index (χ0) is 24.6. The monoisotopic (exact) mass is 522 g/mol. The van der Waals surface area contributed by atoms with Crippen molar-refractivity contribution >= 4 is 39.8 Å². The first kappa shape index (κ1) is 28.1. The zero-order valence-electron chi connectivity index (χ0n) is 19.2. The van der Waals surface area contributed by atoms with Crippen LogP contribution in [0.15, 0.2) is 59.9 Å². The predicted molar refractivity (Wildman–Crippen MR) is 134 cm³/mol. The van der Waals surface area contributed by atoms with Crippen molar-refractivity contribution in [3.8, 4) is 11.3 Å². The van der Waals surface area contributed by atoms with E-state index in [1.807, 2.05) is 0 Å². The number of hydrogen-bond acceptors (Lipinski definition) is 9. The summed E-state index contributed by atoms with van der Waals surface area (Å²) in [6.07, 6.45) is 4.50. The number of nitrogens with two attached hydrogens (primary N) is 1. The van der Waals surface area contributed by atoms with Gasteiger partial charge in [-0.25, -0.2) is 18.4 Å². The van der Waals surface area contributed by atoms with Gasteiger partial charge in [-0.15, -0.1) is 12.4 Å². The summed E-state index contributed by atoms with van der Waals surface area (Å²) < 4.78 is 37.5. The summed E-state index contributed by atoms with van der Waals surface area (Å²) in [6.45, 7) is 0.906. The van der Waals surface area contributed by atoms with Gasteiger partial charge in [-0.2, -0.15) is 4.31 Å². The fraction of sp³-hybridized carbons (Fsp3) is 0.273. The first-order valence-corrected chi connectivity index (χ1v) is 11.7. The van der Waals surface area contributed by atoms with E-state index in [0.717, 1.165) is 0 Å². The predicted octanol–water partition coefficient (Wildman–Crippen LogP) is 2.08. The highest BCUT2D eigenvalue weighted by atomic mass is 35.5. The maximum absolute atomic E-state index is 13.1. The van der Waals surface area contributed by atoms with Gasteiger partial charge in [0.05, 0.1) is 41.9 Å². The number of methoxy groups -OCH3 is 2. The number of sulfonamides is 1. The number of nitrogens with zero attached hydrogens (tertiary/aromatic N) is 4. The SMILES string of the molecule is COCCN(CCOC)S(=O)(=O)c1ccc(-c2cnc(N)c(C(=O)Nc3cccnc3)n2)cc1.Cl. The van der Waals surface area contributed by atoms with Gasteiger partial charge in [0.2, 0.25) is 10.0 Å². The standard InChI is InChI=1S/C22H26N6O5S.ClH/c1-32-12-10-28(11-13-33-2)34(30,31)18-7-5-16(6-8-18)19-15-25-21(23)20(27-19)22(29)26-17-4-3-9-24-14-17;/h3-9,14-15H,10-13H2,1-2H3,(H2,23,25)(H,26,29);1H. The third-order valence-corrected chi connectivity index (χ3v) is 6.73. The van der Waals surface area contributed by atoms with Crippen LogP contribution >= 0.6 is 12.4 Å². The Kier molecular flexibility index (Phi) is 10.5. The van der Waals surface area contributed by atoms with E-state index < -0.39 is 15.9 Å². The summed E-state index contributed by atoms with van der Waals surface area (Å²) >= 11 is 0. The molecule has 0 aliphatic rings. The van der Waals surface area contributed by atoms with Crippen molar-refractivity contribution in [2.45, 2.75) is 4.90 Å². The van der Waals surface area contributed by atoms with Gasteiger partial charge in [-0.1, -0.05) is 12.1 Å². The van der Waals surface area contributed by atoms with E-state index in [0.29, 0.717) is 16.9 Å². The second-order valence-electron chi connectivity index (χ2n) is 7.10. The van der Waals surface area contributed by atoms with Crippen LogP contribution in [0, 0.1) is 0 Å². The molecular weight excluding hydrogens is 496 g/mol. The van der Waals surface area contributed by atoms with Crippen LogP contribution in [0.1, 0.15) is 10.5 Å². The molecule has 3 aromatic rings. The van der Waals surface area contributed by atoms with Crippen LogP contribution in [-0.4, -0.2) is 74.1 Å². The number of pyridine rings is 1. The second-order valence-corrected chi connectivity index (χ2v) is 9.04. The number of rotatable bonds is 11. The number of nitrogens with one attached hydrogen (secondary N) is 1. The van der Waals surface area contributed by atoms with Gasteiger partial charge in [0.1, 0.15) is 0 Å². The van der Waals surface area contributed by atoms with Gasteiger partial charge in [0.15, 0.2) is 11.5 Å². The van der Waals surface area contributed by atoms with Crippen molar-refractivity contribution in [1.29, 1.82) is 0 Å². The van der Waals surface area contributed by atoms with Crippen molar-refractivity contribution in [2.75, 3.05) is 51.6 Å². The van der Waals surface area contributed by atoms with Crippen LogP contribution in [-0.2, 0) is 19.5 Å². The van der Waals surface area contributed by atoms with Crippen LogP contribution in [0.25, 0.3) is 11.3 Å². The number of aromatic nitrogens is 3. The molecule has 3 N–H and O–H groups in total. The number of amides is 1. The van der Waals surface area contributed by atoms with Crippen LogP contribution in [0.2, 0.25) is 0 Å². The quantitative estimate of drug-likeness (QED) is 0.385. The highest BCUT2D eigenvalue weighted by molar-refractivity contribution is 7.89. The molecule has 3 rings (SSSR count). The molecule has 0 bridgehead atoms. The van der Waals surface area contributed by atoms with Crippen LogP contribution in [0.5, 0.6) is 0 Å². The molecular formula is C22H27ClN6O5S. The number of ether oxygens (including phenoxy) is 2. The van der Waals surface area contributed by atoms with Crippen molar-refractivity contribution in [3.63, 3.8) is 0 Å². The van der Waals surface area contributed by atoms with Crippen molar-refractivity contribution in [2.24, 2.45) is 0 Å². The Balaban J connectivity index is 0.00000432. The van der Waals surface area contributed by atoms with E-state index in [1.165, 1.54) is 43.1 Å². The Morgan fingerprint density at radius 1 is 1.06 bits per heavy atom. The number of anilines is 2. The summed E-state index contributed by atoms with van der Waals surface area (Å²) in [5, 5.41) is 2.66. The average Bonchev–Trinajstić information content (AvgIpc) is 2.85. The number of carbonyl (C=O) groups is 1. The van der Waals surface area contributed by atoms with Crippen LogP contribution in [0.4, 0.5) is 11.5 Å². The molecule has 35 heavy (non-hydrogen) atoms. The molecule has 0 unspecified atom stereocenters. The fourth-order valence-electron chi connectivity index (χ4n) is 3.02. The molecule has 0 fully saturated rings. The maximum atomic E-state index is 13.1. The van der Waals surface area contributed by atoms with Gasteiger partial charge in [0.25, 0.3) is 5.91 Å². The highest BCUT2D eigenvalue weighted by Gasteiger charge is 2.24. The van der Waals surface area contributed by atoms with Crippen LogP contribution in [0.3, 0.4) is 0 Å². The third-order valence-electron chi connectivity index (χ3n) is 4.81. The Labute approximate surface area is 210 Å². The molecule has 1 aromatic carbocycles. The van der Waals surface area contributed by atoms with Gasteiger partial charge in [0, 0.05) is 39.1 Å². The molecule has 0 saturated heterocycles. The minimum Gasteiger partial charge on any atom is -0.383 e. The molecule has 0 saturated carbocycles. The van der Waals surface area contributed by atoms with Crippen molar-refractivity contribution < 1.29 is 22.7 Å². The van der Waals surface area contributed by atoms with E-state index in [2.05, 4.69) is 20.3 Å². The largest absolute Gasteiger partial charge is 0.383 e. The van der Waals surface area contributed by atoms with E-state index in [-0.39, 0.29) is 55.1 Å². The topological polar surface area (TPSA) is 150 Å². The van der Waals surface area contributed by atoms with E-state index in [4.69, 9.17) is 15.2 Å². The van der Waals surface area contributed by atoms with Gasteiger partial charge >= 0.3 is 0 Å².